The normalized spacial score (nSPS) is 23.1. The van der Waals surface area contributed by atoms with Crippen molar-refractivity contribution < 1.29 is 23.1 Å². The third-order valence-corrected chi connectivity index (χ3v) is 3.20. The van der Waals surface area contributed by atoms with Crippen molar-refractivity contribution in [2.75, 3.05) is 27.2 Å². The largest absolute Gasteiger partial charge is 0.444 e. The van der Waals surface area contributed by atoms with Gasteiger partial charge in [-0.25, -0.2) is 13.6 Å². The van der Waals surface area contributed by atoms with Crippen molar-refractivity contribution in [3.8, 4) is 0 Å². The van der Waals surface area contributed by atoms with Gasteiger partial charge in [0.2, 0.25) is 5.91 Å². The van der Waals surface area contributed by atoms with Crippen LogP contribution in [0.1, 0.15) is 27.2 Å². The van der Waals surface area contributed by atoms with Crippen LogP contribution >= 0.6 is 0 Å². The predicted molar refractivity (Wildman–Crippen MR) is 69.6 cm³/mol. The molecule has 0 N–H and O–H groups in total. The molecule has 2 amide bonds. The number of hydrogen-bond acceptors (Lipinski definition) is 3. The van der Waals surface area contributed by atoms with Crippen LogP contribution in [0.4, 0.5) is 13.6 Å². The Morgan fingerprint density at radius 1 is 1.30 bits per heavy atom. The monoisotopic (exact) mass is 292 g/mol. The van der Waals surface area contributed by atoms with Crippen LogP contribution in [-0.2, 0) is 9.53 Å². The number of alkyl halides is 2. The summed E-state index contributed by atoms with van der Waals surface area (Å²) in [7, 11) is 2.87. The highest BCUT2D eigenvalue weighted by Gasteiger charge is 2.54. The van der Waals surface area contributed by atoms with Crippen LogP contribution in [0.25, 0.3) is 0 Å². The molecule has 0 aromatic rings. The Bertz CT molecular complexity index is 394. The zero-order chi connectivity index (χ0) is 15.7. The molecule has 1 atom stereocenters. The number of carbonyl (C=O) groups excluding carboxylic acids is 2. The smallest absolute Gasteiger partial charge is 0.410 e. The average molecular weight is 292 g/mol. The Kier molecular flexibility index (Phi) is 4.61. The van der Waals surface area contributed by atoms with Gasteiger partial charge in [0.25, 0.3) is 6.43 Å². The SMILES string of the molecule is CN(C)C(=O)C1(C(F)F)CCN(C(=O)OC(C)(C)C)C1. The highest BCUT2D eigenvalue weighted by molar-refractivity contribution is 5.84. The van der Waals surface area contributed by atoms with Gasteiger partial charge in [-0.1, -0.05) is 0 Å². The van der Waals surface area contributed by atoms with E-state index in [2.05, 4.69) is 0 Å². The Morgan fingerprint density at radius 2 is 1.85 bits per heavy atom. The zero-order valence-corrected chi connectivity index (χ0v) is 12.6. The summed E-state index contributed by atoms with van der Waals surface area (Å²) in [6.45, 7) is 4.89. The standard InChI is InChI=1S/C13H22F2N2O3/c1-12(2,3)20-11(19)17-7-6-13(8-17,9(14)15)10(18)16(4)5/h9H,6-8H2,1-5H3. The van der Waals surface area contributed by atoms with E-state index >= 15 is 0 Å². The van der Waals surface area contributed by atoms with Gasteiger partial charge in [0.15, 0.2) is 0 Å². The van der Waals surface area contributed by atoms with Gasteiger partial charge in [-0.15, -0.1) is 0 Å². The van der Waals surface area contributed by atoms with E-state index in [9.17, 15) is 18.4 Å². The van der Waals surface area contributed by atoms with Gasteiger partial charge >= 0.3 is 6.09 Å². The molecule has 116 valence electrons. The molecule has 0 radical (unpaired) electrons. The van der Waals surface area contributed by atoms with Crippen LogP contribution in [0.5, 0.6) is 0 Å². The summed E-state index contributed by atoms with van der Waals surface area (Å²) in [5.41, 5.74) is -2.51. The van der Waals surface area contributed by atoms with Crippen LogP contribution in [0.3, 0.4) is 0 Å². The van der Waals surface area contributed by atoms with Crippen molar-refractivity contribution in [3.05, 3.63) is 0 Å². The molecule has 1 rings (SSSR count). The fourth-order valence-electron chi connectivity index (χ4n) is 2.21. The second kappa shape index (κ2) is 5.54. The van der Waals surface area contributed by atoms with Gasteiger partial charge in [-0.05, 0) is 27.2 Å². The van der Waals surface area contributed by atoms with Crippen molar-refractivity contribution in [1.29, 1.82) is 0 Å². The van der Waals surface area contributed by atoms with Crippen molar-refractivity contribution in [3.63, 3.8) is 0 Å². The molecule has 0 bridgehead atoms. The molecule has 7 heteroatoms. The van der Waals surface area contributed by atoms with Gasteiger partial charge in [-0.3, -0.25) is 4.79 Å². The fraction of sp³-hybridized carbons (Fsp3) is 0.846. The molecule has 0 aromatic heterocycles. The molecule has 1 aliphatic rings. The van der Waals surface area contributed by atoms with E-state index in [1.54, 1.807) is 20.8 Å². The van der Waals surface area contributed by atoms with Crippen molar-refractivity contribution in [2.45, 2.75) is 39.2 Å². The summed E-state index contributed by atoms with van der Waals surface area (Å²) in [6, 6.07) is 0. The molecule has 1 heterocycles. The summed E-state index contributed by atoms with van der Waals surface area (Å²) in [4.78, 5) is 26.2. The highest BCUT2D eigenvalue weighted by Crippen LogP contribution is 2.38. The van der Waals surface area contributed by atoms with Gasteiger partial charge in [0.05, 0.1) is 0 Å². The lowest BCUT2D eigenvalue weighted by molar-refractivity contribution is -0.148. The number of rotatable bonds is 2. The second-order valence-corrected chi connectivity index (χ2v) is 6.31. The molecule has 0 spiro atoms. The number of likely N-dealkylation sites (tertiary alicyclic amines) is 1. The number of halogens is 2. The topological polar surface area (TPSA) is 49.9 Å². The maximum atomic E-state index is 13.4. The van der Waals surface area contributed by atoms with E-state index in [-0.39, 0.29) is 19.5 Å². The number of nitrogens with zero attached hydrogens (tertiary/aromatic N) is 2. The Labute approximate surface area is 117 Å². The molecular weight excluding hydrogens is 270 g/mol. The first-order chi connectivity index (χ1) is 8.99. The van der Waals surface area contributed by atoms with Crippen molar-refractivity contribution >= 4 is 12.0 Å². The molecule has 1 saturated heterocycles. The van der Waals surface area contributed by atoms with E-state index in [1.165, 1.54) is 19.0 Å². The molecule has 1 unspecified atom stereocenters. The third-order valence-electron chi connectivity index (χ3n) is 3.20. The van der Waals surface area contributed by atoms with Gasteiger partial charge in [0, 0.05) is 27.2 Å². The number of hydrogen-bond donors (Lipinski definition) is 0. The molecule has 5 nitrogen and oxygen atoms in total. The van der Waals surface area contributed by atoms with Crippen LogP contribution in [0.2, 0.25) is 0 Å². The molecule has 0 aromatic carbocycles. The third kappa shape index (κ3) is 3.37. The second-order valence-electron chi connectivity index (χ2n) is 6.31. The van der Waals surface area contributed by atoms with Crippen LogP contribution in [0, 0.1) is 5.41 Å². The molecule has 1 fully saturated rings. The van der Waals surface area contributed by atoms with E-state index in [0.717, 1.165) is 4.90 Å². The van der Waals surface area contributed by atoms with Gasteiger partial charge < -0.3 is 14.5 Å². The lowest BCUT2D eigenvalue weighted by atomic mass is 9.86. The Morgan fingerprint density at radius 3 is 2.25 bits per heavy atom. The molecular formula is C13H22F2N2O3. The first-order valence-corrected chi connectivity index (χ1v) is 6.47. The Balaban J connectivity index is 2.86. The van der Waals surface area contributed by atoms with Crippen LogP contribution in [0.15, 0.2) is 0 Å². The van der Waals surface area contributed by atoms with E-state index in [1.807, 2.05) is 0 Å². The molecule has 1 aliphatic heterocycles. The number of amides is 2. The van der Waals surface area contributed by atoms with Crippen molar-refractivity contribution in [2.24, 2.45) is 5.41 Å². The minimum atomic E-state index is -2.81. The molecule has 0 aliphatic carbocycles. The maximum Gasteiger partial charge on any atom is 0.410 e. The predicted octanol–water partition coefficient (Wildman–Crippen LogP) is 1.97. The van der Waals surface area contributed by atoms with E-state index in [0.29, 0.717) is 0 Å². The fourth-order valence-corrected chi connectivity index (χ4v) is 2.21. The summed E-state index contributed by atoms with van der Waals surface area (Å²) < 4.78 is 31.9. The first-order valence-electron chi connectivity index (χ1n) is 6.47. The van der Waals surface area contributed by atoms with Crippen molar-refractivity contribution in [1.82, 2.24) is 9.80 Å². The van der Waals surface area contributed by atoms with Crippen LogP contribution < -0.4 is 0 Å². The van der Waals surface area contributed by atoms with Gasteiger partial charge in [-0.2, -0.15) is 0 Å². The molecule has 20 heavy (non-hydrogen) atoms. The Hall–Kier alpha value is -1.40. The van der Waals surface area contributed by atoms with E-state index < -0.39 is 29.4 Å². The summed E-state index contributed by atoms with van der Waals surface area (Å²) >= 11 is 0. The summed E-state index contributed by atoms with van der Waals surface area (Å²) in [5, 5.41) is 0. The quantitative estimate of drug-likeness (QED) is 0.782. The highest BCUT2D eigenvalue weighted by atomic mass is 19.3. The van der Waals surface area contributed by atoms with Gasteiger partial charge in [0.1, 0.15) is 11.0 Å². The van der Waals surface area contributed by atoms with E-state index in [4.69, 9.17) is 4.74 Å². The lowest BCUT2D eigenvalue weighted by Gasteiger charge is -2.30. The maximum absolute atomic E-state index is 13.4. The number of carbonyl (C=O) groups is 2. The zero-order valence-electron chi connectivity index (χ0n) is 12.6. The first kappa shape index (κ1) is 16.7. The van der Waals surface area contributed by atoms with Crippen LogP contribution in [-0.4, -0.2) is 61.0 Å². The summed E-state index contributed by atoms with van der Waals surface area (Å²) in [6.07, 6.45) is -3.53. The minimum absolute atomic E-state index is 0.0546. The number of ether oxygens (including phenoxy) is 1. The average Bonchev–Trinajstić information content (AvgIpc) is 2.71. The lowest BCUT2D eigenvalue weighted by Crippen LogP contribution is -2.48. The summed E-state index contributed by atoms with van der Waals surface area (Å²) in [5.74, 6) is -0.654. The minimum Gasteiger partial charge on any atom is -0.444 e. The molecule has 0 saturated carbocycles.